The maximum Gasteiger partial charge on any atom is 0.119 e. The fraction of sp³-hybridized carbons (Fsp3) is 0.526. The Balaban J connectivity index is 2.02. The summed E-state index contributed by atoms with van der Waals surface area (Å²) in [4.78, 5) is 5.94. The van der Waals surface area contributed by atoms with E-state index in [1.807, 2.05) is 24.3 Å². The van der Waals surface area contributed by atoms with E-state index in [1.165, 1.54) is 4.88 Å². The molecule has 24 heavy (non-hydrogen) atoms. The zero-order chi connectivity index (χ0) is 17.9. The number of hydrogen-bond donors (Lipinski definition) is 2. The number of aryl methyl sites for hydroxylation is 1. The van der Waals surface area contributed by atoms with E-state index < -0.39 is 6.10 Å². The van der Waals surface area contributed by atoms with Gasteiger partial charge in [0.2, 0.25) is 0 Å². The van der Waals surface area contributed by atoms with Crippen LogP contribution >= 0.6 is 11.3 Å². The average molecular weight is 349 g/mol. The molecule has 0 saturated heterocycles. The van der Waals surface area contributed by atoms with E-state index in [1.54, 1.807) is 18.4 Å². The van der Waals surface area contributed by atoms with Crippen molar-refractivity contribution in [1.82, 2.24) is 10.3 Å². The minimum Gasteiger partial charge on any atom is -0.497 e. The van der Waals surface area contributed by atoms with Gasteiger partial charge in [0.1, 0.15) is 5.75 Å². The zero-order valence-corrected chi connectivity index (χ0v) is 16.2. The molecule has 2 unspecified atom stereocenters. The molecule has 2 atom stereocenters. The third-order valence-corrected chi connectivity index (χ3v) is 5.73. The van der Waals surface area contributed by atoms with Gasteiger partial charge in [-0.1, -0.05) is 32.9 Å². The highest BCUT2D eigenvalue weighted by Crippen LogP contribution is 2.32. The number of aliphatic hydroxyl groups is 1. The van der Waals surface area contributed by atoms with Crippen LogP contribution in [0.5, 0.6) is 5.75 Å². The molecule has 1 aromatic heterocycles. The topological polar surface area (TPSA) is 54.4 Å². The summed E-state index contributed by atoms with van der Waals surface area (Å²) in [5.74, 6) is 0.757. The van der Waals surface area contributed by atoms with Crippen molar-refractivity contribution in [3.63, 3.8) is 0 Å². The van der Waals surface area contributed by atoms with Gasteiger partial charge in [0.05, 0.1) is 23.9 Å². The molecule has 5 heteroatoms. The van der Waals surface area contributed by atoms with Crippen molar-refractivity contribution in [2.45, 2.75) is 52.2 Å². The van der Waals surface area contributed by atoms with Gasteiger partial charge in [-0.05, 0) is 31.5 Å². The Bertz CT molecular complexity index is 676. The van der Waals surface area contributed by atoms with Gasteiger partial charge in [-0.3, -0.25) is 0 Å². The van der Waals surface area contributed by atoms with Gasteiger partial charge >= 0.3 is 0 Å². The van der Waals surface area contributed by atoms with Gasteiger partial charge in [-0.15, -0.1) is 11.3 Å². The number of hydrogen-bond acceptors (Lipinski definition) is 5. The molecule has 1 aromatic carbocycles. The van der Waals surface area contributed by atoms with Crippen molar-refractivity contribution in [1.29, 1.82) is 0 Å². The summed E-state index contributed by atoms with van der Waals surface area (Å²) < 4.78 is 5.21. The quantitative estimate of drug-likeness (QED) is 0.824. The number of ether oxygens (including phenoxy) is 1. The van der Waals surface area contributed by atoms with Gasteiger partial charge in [0, 0.05) is 22.9 Å². The Morgan fingerprint density at radius 1 is 1.33 bits per heavy atom. The Hall–Kier alpha value is -1.43. The van der Waals surface area contributed by atoms with Gasteiger partial charge in [-0.25, -0.2) is 4.98 Å². The number of aromatic nitrogens is 1. The first-order valence-electron chi connectivity index (χ1n) is 8.25. The monoisotopic (exact) mass is 348 g/mol. The molecule has 0 aliphatic heterocycles. The smallest absolute Gasteiger partial charge is 0.119 e. The summed E-state index contributed by atoms with van der Waals surface area (Å²) in [7, 11) is 1.63. The molecule has 1 heterocycles. The van der Waals surface area contributed by atoms with Crippen molar-refractivity contribution in [2.24, 2.45) is 0 Å². The van der Waals surface area contributed by atoms with Crippen LogP contribution in [0.1, 0.15) is 61.0 Å². The van der Waals surface area contributed by atoms with Crippen LogP contribution in [0.25, 0.3) is 0 Å². The predicted molar refractivity (Wildman–Crippen MR) is 99.9 cm³/mol. The second kappa shape index (κ2) is 7.64. The maximum absolute atomic E-state index is 10.4. The summed E-state index contributed by atoms with van der Waals surface area (Å²) in [6.07, 6.45) is -0.571. The highest BCUT2D eigenvalue weighted by Gasteiger charge is 2.22. The van der Waals surface area contributed by atoms with Crippen molar-refractivity contribution in [3.8, 4) is 5.75 Å². The number of rotatable bonds is 6. The predicted octanol–water partition coefficient (Wildman–Crippen LogP) is 4.14. The van der Waals surface area contributed by atoms with Gasteiger partial charge in [0.25, 0.3) is 0 Å². The van der Waals surface area contributed by atoms with Gasteiger partial charge in [0.15, 0.2) is 0 Å². The van der Waals surface area contributed by atoms with Crippen LogP contribution in [-0.4, -0.2) is 23.7 Å². The highest BCUT2D eigenvalue weighted by molar-refractivity contribution is 7.12. The van der Waals surface area contributed by atoms with E-state index in [4.69, 9.17) is 9.72 Å². The SMILES string of the molecule is COc1cccc(C(O)CNC(C)c2sc(C(C)(C)C)nc2C)c1. The lowest BCUT2D eigenvalue weighted by molar-refractivity contribution is 0.170. The standard InChI is InChI=1S/C19H28N2O2S/c1-12(17-13(2)21-18(24-17)19(3,4)5)20-11-16(22)14-8-7-9-15(10-14)23-6/h7-10,12,16,20,22H,11H2,1-6H3. The number of benzene rings is 1. The molecule has 2 rings (SSSR count). The van der Waals surface area contributed by atoms with E-state index >= 15 is 0 Å². The largest absolute Gasteiger partial charge is 0.497 e. The lowest BCUT2D eigenvalue weighted by Gasteiger charge is -2.17. The molecule has 0 saturated carbocycles. The minimum atomic E-state index is -0.571. The Morgan fingerprint density at radius 3 is 2.62 bits per heavy atom. The summed E-state index contributed by atoms with van der Waals surface area (Å²) >= 11 is 1.75. The minimum absolute atomic E-state index is 0.0630. The molecule has 132 valence electrons. The lowest BCUT2D eigenvalue weighted by atomic mass is 9.98. The summed E-state index contributed by atoms with van der Waals surface area (Å²) in [6, 6.07) is 7.70. The number of aliphatic hydroxyl groups excluding tert-OH is 1. The van der Waals surface area contributed by atoms with Crippen molar-refractivity contribution in [3.05, 3.63) is 45.4 Å². The van der Waals surface area contributed by atoms with Crippen LogP contribution in [-0.2, 0) is 5.41 Å². The molecular formula is C19H28N2O2S. The first-order valence-corrected chi connectivity index (χ1v) is 9.07. The molecule has 0 bridgehead atoms. The Labute approximate surface area is 148 Å². The van der Waals surface area contributed by atoms with Crippen LogP contribution in [0, 0.1) is 6.92 Å². The molecular weight excluding hydrogens is 320 g/mol. The number of nitrogens with one attached hydrogen (secondary N) is 1. The second-order valence-electron chi connectivity index (χ2n) is 7.14. The third-order valence-electron chi connectivity index (χ3n) is 3.96. The van der Waals surface area contributed by atoms with Crippen molar-refractivity contribution < 1.29 is 9.84 Å². The van der Waals surface area contributed by atoms with E-state index in [0.29, 0.717) is 6.54 Å². The van der Waals surface area contributed by atoms with E-state index in [2.05, 4.69) is 39.9 Å². The summed E-state index contributed by atoms with van der Waals surface area (Å²) in [6.45, 7) is 11.2. The van der Waals surface area contributed by atoms with Gasteiger partial charge in [-0.2, -0.15) is 0 Å². The van der Waals surface area contributed by atoms with Crippen LogP contribution in [0.3, 0.4) is 0 Å². The molecule has 2 N–H and O–H groups in total. The molecule has 0 aliphatic rings. The van der Waals surface area contributed by atoms with Crippen LogP contribution in [0.15, 0.2) is 24.3 Å². The summed E-state index contributed by atoms with van der Waals surface area (Å²) in [5, 5.41) is 15.0. The number of methoxy groups -OCH3 is 1. The fourth-order valence-corrected chi connectivity index (χ4v) is 3.63. The zero-order valence-electron chi connectivity index (χ0n) is 15.4. The van der Waals surface area contributed by atoms with Crippen LogP contribution in [0.4, 0.5) is 0 Å². The van der Waals surface area contributed by atoms with Crippen molar-refractivity contribution >= 4 is 11.3 Å². The molecule has 0 radical (unpaired) electrons. The van der Waals surface area contributed by atoms with Gasteiger partial charge < -0.3 is 15.2 Å². The highest BCUT2D eigenvalue weighted by atomic mass is 32.1. The molecule has 0 aliphatic carbocycles. The number of nitrogens with zero attached hydrogens (tertiary/aromatic N) is 1. The van der Waals surface area contributed by atoms with E-state index in [0.717, 1.165) is 22.0 Å². The second-order valence-corrected chi connectivity index (χ2v) is 8.17. The maximum atomic E-state index is 10.4. The fourth-order valence-electron chi connectivity index (χ4n) is 2.48. The Morgan fingerprint density at radius 2 is 2.04 bits per heavy atom. The first kappa shape index (κ1) is 18.9. The average Bonchev–Trinajstić information content (AvgIpc) is 2.94. The molecule has 0 amide bonds. The summed E-state index contributed by atoms with van der Waals surface area (Å²) in [5.41, 5.74) is 1.99. The van der Waals surface area contributed by atoms with E-state index in [9.17, 15) is 5.11 Å². The molecule has 0 fully saturated rings. The van der Waals surface area contributed by atoms with E-state index in [-0.39, 0.29) is 11.5 Å². The Kier molecular flexibility index (Phi) is 6.01. The van der Waals surface area contributed by atoms with Crippen LogP contribution in [0.2, 0.25) is 0 Å². The number of thiazole rings is 1. The van der Waals surface area contributed by atoms with Crippen LogP contribution < -0.4 is 10.1 Å². The molecule has 0 spiro atoms. The van der Waals surface area contributed by atoms with Crippen molar-refractivity contribution in [2.75, 3.05) is 13.7 Å². The first-order chi connectivity index (χ1) is 11.2. The third kappa shape index (κ3) is 4.56. The lowest BCUT2D eigenvalue weighted by Crippen LogP contribution is -2.24. The normalized spacial score (nSPS) is 14.5. The molecule has 4 nitrogen and oxygen atoms in total. The molecule has 2 aromatic rings.